The zero-order valence-electron chi connectivity index (χ0n) is 17.6. The van der Waals surface area contributed by atoms with Crippen molar-refractivity contribution in [2.75, 3.05) is 26.2 Å². The van der Waals surface area contributed by atoms with Crippen LogP contribution in [0.5, 0.6) is 0 Å². The lowest BCUT2D eigenvalue weighted by Gasteiger charge is -2.39. The number of carbonyl (C=O) groups is 2. The third-order valence-corrected chi connectivity index (χ3v) is 5.65. The van der Waals surface area contributed by atoms with Crippen LogP contribution in [-0.2, 0) is 24.1 Å². The molecule has 1 aliphatic carbocycles. The molecule has 0 unspecified atom stereocenters. The van der Waals surface area contributed by atoms with Gasteiger partial charge in [0.2, 0.25) is 5.91 Å². The van der Waals surface area contributed by atoms with Crippen molar-refractivity contribution < 1.29 is 9.59 Å². The van der Waals surface area contributed by atoms with Gasteiger partial charge in [0.1, 0.15) is 11.9 Å². The zero-order chi connectivity index (χ0) is 20.3. The van der Waals surface area contributed by atoms with Crippen molar-refractivity contribution in [2.24, 2.45) is 5.92 Å². The molecular weight excluding hydrogens is 354 g/mol. The number of fused-ring (bicyclic) bond motifs is 1. The molecule has 0 aromatic carbocycles. The Labute approximate surface area is 167 Å². The summed E-state index contributed by atoms with van der Waals surface area (Å²) in [4.78, 5) is 37.9. The molecule has 0 radical (unpaired) electrons. The Morgan fingerprint density at radius 1 is 1.21 bits per heavy atom. The quantitative estimate of drug-likeness (QED) is 0.839. The fourth-order valence-electron chi connectivity index (χ4n) is 4.17. The van der Waals surface area contributed by atoms with Gasteiger partial charge in [-0.1, -0.05) is 13.8 Å². The van der Waals surface area contributed by atoms with Crippen LogP contribution in [0.3, 0.4) is 0 Å². The first-order valence-electron chi connectivity index (χ1n) is 10.5. The molecule has 1 aromatic heterocycles. The second-order valence-corrected chi connectivity index (χ2v) is 8.39. The minimum atomic E-state index is -0.422. The van der Waals surface area contributed by atoms with Gasteiger partial charge in [0.05, 0.1) is 0 Å². The van der Waals surface area contributed by atoms with E-state index in [2.05, 4.69) is 31.1 Å². The molecule has 0 saturated carbocycles. The van der Waals surface area contributed by atoms with Crippen molar-refractivity contribution in [3.05, 3.63) is 22.8 Å². The summed E-state index contributed by atoms with van der Waals surface area (Å²) in [6, 6.07) is -0.602. The molecule has 1 saturated heterocycles. The van der Waals surface area contributed by atoms with Gasteiger partial charge in [-0.2, -0.15) is 0 Å². The van der Waals surface area contributed by atoms with Gasteiger partial charge in [-0.3, -0.25) is 4.79 Å². The Morgan fingerprint density at radius 3 is 2.71 bits per heavy atom. The molecule has 1 atom stereocenters. The summed E-state index contributed by atoms with van der Waals surface area (Å²) in [6.07, 6.45) is 5.11. The molecule has 154 valence electrons. The van der Waals surface area contributed by atoms with Crippen LogP contribution >= 0.6 is 0 Å². The molecule has 28 heavy (non-hydrogen) atoms. The minimum Gasteiger partial charge on any atom is -0.339 e. The Balaban J connectivity index is 1.52. The number of urea groups is 1. The van der Waals surface area contributed by atoms with Crippen LogP contribution < -0.4 is 5.32 Å². The molecule has 7 nitrogen and oxygen atoms in total. The lowest BCUT2D eigenvalue weighted by atomic mass is 9.95. The number of nitrogens with one attached hydrogen (secondary N) is 1. The smallest absolute Gasteiger partial charge is 0.318 e. The van der Waals surface area contributed by atoms with Crippen LogP contribution in [0.4, 0.5) is 4.79 Å². The second-order valence-electron chi connectivity index (χ2n) is 8.39. The lowest BCUT2D eigenvalue weighted by molar-refractivity contribution is -0.139. The molecule has 2 aliphatic rings. The molecule has 1 N–H and O–H groups in total. The number of aromatic nitrogens is 2. The van der Waals surface area contributed by atoms with Crippen LogP contribution in [0, 0.1) is 12.8 Å². The standard InChI is InChI=1S/C21H33N5O2/c1-14(2)13-25-11-12-26(16(4)20(25)27)21(28)22-10-9-19-23-15(3)17-7-5-6-8-18(17)24-19/h14,16H,5-13H2,1-4H3,(H,22,28)/t16-/m0/s1. The number of amides is 3. The number of carbonyl (C=O) groups excluding carboxylic acids is 2. The van der Waals surface area contributed by atoms with Gasteiger partial charge in [-0.15, -0.1) is 0 Å². The van der Waals surface area contributed by atoms with Crippen molar-refractivity contribution in [3.8, 4) is 0 Å². The average Bonchev–Trinajstić information content (AvgIpc) is 2.65. The summed E-state index contributed by atoms with van der Waals surface area (Å²) in [5.74, 6) is 1.25. The molecule has 0 bridgehead atoms. The topological polar surface area (TPSA) is 78.4 Å². The third-order valence-electron chi connectivity index (χ3n) is 5.65. The van der Waals surface area contributed by atoms with Gasteiger partial charge in [0.15, 0.2) is 0 Å². The van der Waals surface area contributed by atoms with Gasteiger partial charge in [-0.05, 0) is 51.0 Å². The summed E-state index contributed by atoms with van der Waals surface area (Å²) in [5.41, 5.74) is 3.57. The van der Waals surface area contributed by atoms with Crippen molar-refractivity contribution in [1.29, 1.82) is 0 Å². The van der Waals surface area contributed by atoms with Crippen LogP contribution in [0.2, 0.25) is 0 Å². The first kappa shape index (κ1) is 20.6. The van der Waals surface area contributed by atoms with Crippen LogP contribution in [-0.4, -0.2) is 63.9 Å². The van der Waals surface area contributed by atoms with E-state index in [1.165, 1.54) is 24.1 Å². The highest BCUT2D eigenvalue weighted by Crippen LogP contribution is 2.21. The lowest BCUT2D eigenvalue weighted by Crippen LogP contribution is -2.60. The molecule has 1 aromatic rings. The third kappa shape index (κ3) is 4.62. The Morgan fingerprint density at radius 2 is 1.96 bits per heavy atom. The maximum atomic E-state index is 12.6. The van der Waals surface area contributed by atoms with E-state index < -0.39 is 6.04 Å². The van der Waals surface area contributed by atoms with E-state index in [0.29, 0.717) is 32.0 Å². The normalized spacial score (nSPS) is 19.8. The highest BCUT2D eigenvalue weighted by atomic mass is 16.2. The maximum Gasteiger partial charge on any atom is 0.318 e. The van der Waals surface area contributed by atoms with Crippen molar-refractivity contribution in [2.45, 2.75) is 65.8 Å². The van der Waals surface area contributed by atoms with E-state index in [4.69, 9.17) is 4.98 Å². The molecular formula is C21H33N5O2. The van der Waals surface area contributed by atoms with Crippen LogP contribution in [0.15, 0.2) is 0 Å². The summed E-state index contributed by atoms with van der Waals surface area (Å²) in [7, 11) is 0. The molecule has 1 aliphatic heterocycles. The summed E-state index contributed by atoms with van der Waals surface area (Å²) in [5, 5.41) is 2.94. The summed E-state index contributed by atoms with van der Waals surface area (Å²) in [6.45, 7) is 10.4. The Hall–Kier alpha value is -2.18. The van der Waals surface area contributed by atoms with E-state index in [1.54, 1.807) is 4.90 Å². The van der Waals surface area contributed by atoms with Crippen molar-refractivity contribution in [3.63, 3.8) is 0 Å². The number of piperazine rings is 1. The summed E-state index contributed by atoms with van der Waals surface area (Å²) < 4.78 is 0. The number of hydrogen-bond donors (Lipinski definition) is 1. The SMILES string of the molecule is Cc1nc(CCNC(=O)N2CCN(CC(C)C)C(=O)[C@@H]2C)nc2c1CCCC2. The number of rotatable bonds is 5. The fourth-order valence-corrected chi connectivity index (χ4v) is 4.17. The predicted molar refractivity (Wildman–Crippen MR) is 108 cm³/mol. The van der Waals surface area contributed by atoms with Gasteiger partial charge >= 0.3 is 6.03 Å². The van der Waals surface area contributed by atoms with Gasteiger partial charge in [0.25, 0.3) is 0 Å². The second kappa shape index (κ2) is 8.88. The van der Waals surface area contributed by atoms with Gasteiger partial charge < -0.3 is 15.1 Å². The van der Waals surface area contributed by atoms with E-state index in [1.807, 2.05) is 11.8 Å². The molecule has 7 heteroatoms. The number of aryl methyl sites for hydroxylation is 2. The van der Waals surface area contributed by atoms with Crippen molar-refractivity contribution in [1.82, 2.24) is 25.1 Å². The summed E-state index contributed by atoms with van der Waals surface area (Å²) >= 11 is 0. The van der Waals surface area contributed by atoms with E-state index in [-0.39, 0.29) is 11.9 Å². The molecule has 3 rings (SSSR count). The Bertz CT molecular complexity index is 734. The number of nitrogens with zero attached hydrogens (tertiary/aromatic N) is 4. The fraction of sp³-hybridized carbons (Fsp3) is 0.714. The highest BCUT2D eigenvalue weighted by Gasteiger charge is 2.34. The first-order valence-corrected chi connectivity index (χ1v) is 10.5. The largest absolute Gasteiger partial charge is 0.339 e. The van der Waals surface area contributed by atoms with E-state index >= 15 is 0 Å². The van der Waals surface area contributed by atoms with Crippen LogP contribution in [0.25, 0.3) is 0 Å². The van der Waals surface area contributed by atoms with Gasteiger partial charge in [-0.25, -0.2) is 14.8 Å². The molecule has 3 amide bonds. The number of hydrogen-bond acceptors (Lipinski definition) is 4. The molecule has 1 fully saturated rings. The van der Waals surface area contributed by atoms with E-state index in [9.17, 15) is 9.59 Å². The minimum absolute atomic E-state index is 0.0312. The van der Waals surface area contributed by atoms with Gasteiger partial charge in [0, 0.05) is 44.0 Å². The maximum absolute atomic E-state index is 12.6. The monoisotopic (exact) mass is 387 g/mol. The Kier molecular flexibility index (Phi) is 6.52. The zero-order valence-corrected chi connectivity index (χ0v) is 17.6. The highest BCUT2D eigenvalue weighted by molar-refractivity contribution is 5.88. The molecule has 0 spiro atoms. The van der Waals surface area contributed by atoms with E-state index in [0.717, 1.165) is 30.9 Å². The predicted octanol–water partition coefficient (Wildman–Crippen LogP) is 2.10. The average molecular weight is 388 g/mol. The van der Waals surface area contributed by atoms with Crippen molar-refractivity contribution >= 4 is 11.9 Å². The molecule has 2 heterocycles. The first-order chi connectivity index (χ1) is 13.4. The van der Waals surface area contributed by atoms with Crippen LogP contribution in [0.1, 0.15) is 56.4 Å².